The minimum atomic E-state index is -4.56. The molecule has 2 N–H and O–H groups in total. The summed E-state index contributed by atoms with van der Waals surface area (Å²) in [6.45, 7) is 0.378. The van der Waals surface area contributed by atoms with Gasteiger partial charge in [-0.25, -0.2) is 19.6 Å². The number of aromatic nitrogens is 7. The van der Waals surface area contributed by atoms with E-state index in [4.69, 9.17) is 19.6 Å². The van der Waals surface area contributed by atoms with E-state index < -0.39 is 17.6 Å². The van der Waals surface area contributed by atoms with E-state index in [-0.39, 0.29) is 17.4 Å². The molecule has 1 amide bonds. The van der Waals surface area contributed by atoms with Crippen molar-refractivity contribution in [2.45, 2.75) is 38.0 Å². The number of hydrogen-bond acceptors (Lipinski definition) is 9. The number of carbonyl (C=O) groups is 1. The minimum absolute atomic E-state index is 0.113. The van der Waals surface area contributed by atoms with Gasteiger partial charge in [-0.3, -0.25) is 9.48 Å². The van der Waals surface area contributed by atoms with Crippen molar-refractivity contribution in [3.8, 4) is 22.8 Å². The highest BCUT2D eigenvalue weighted by atomic mass is 19.4. The summed E-state index contributed by atoms with van der Waals surface area (Å²) in [6, 6.07) is 13.7. The molecule has 256 valence electrons. The molecule has 0 saturated heterocycles. The Bertz CT molecular complexity index is 2200. The molecule has 0 bridgehead atoms. The molecule has 1 aliphatic rings. The van der Waals surface area contributed by atoms with Crippen LogP contribution in [0.1, 0.15) is 51.6 Å². The van der Waals surface area contributed by atoms with Gasteiger partial charge in [0.25, 0.3) is 5.91 Å². The van der Waals surface area contributed by atoms with E-state index in [0.29, 0.717) is 46.2 Å². The largest absolute Gasteiger partial charge is 0.497 e. The quantitative estimate of drug-likeness (QED) is 0.176. The molecule has 2 aromatic carbocycles. The van der Waals surface area contributed by atoms with Crippen molar-refractivity contribution in [2.75, 3.05) is 24.9 Å². The van der Waals surface area contributed by atoms with E-state index in [1.165, 1.54) is 6.33 Å². The number of alkyl halides is 3. The zero-order chi connectivity index (χ0) is 35.0. The van der Waals surface area contributed by atoms with Crippen molar-refractivity contribution in [1.29, 1.82) is 0 Å². The molecular weight excluding hydrogens is 651 g/mol. The minimum Gasteiger partial charge on any atom is -0.497 e. The fourth-order valence-electron chi connectivity index (χ4n) is 6.28. The van der Waals surface area contributed by atoms with Crippen molar-refractivity contribution in [2.24, 2.45) is 7.05 Å². The Hall–Kier alpha value is -5.99. The predicted molar refractivity (Wildman–Crippen MR) is 179 cm³/mol. The lowest BCUT2D eigenvalue weighted by Crippen LogP contribution is -2.19. The number of carbonyl (C=O) groups excluding carboxylic acids is 1. The molecule has 6 aromatic rings. The summed E-state index contributed by atoms with van der Waals surface area (Å²) in [6.07, 6.45) is 2.53. The van der Waals surface area contributed by atoms with Crippen LogP contribution in [0.15, 0.2) is 73.3 Å². The SMILES string of the molecule is COc1ccc(CNc2ncnc3c2c(-c2ccc(C(=O)Nc4cc(C(F)(F)F)ccn4)cc2)nn3[C@@H]2CCCc3c2cnn3C)c(OC)c1. The number of hydrogen-bond donors (Lipinski definition) is 2. The maximum atomic E-state index is 13.2. The molecule has 0 saturated carbocycles. The average Bonchev–Trinajstić information content (AvgIpc) is 3.71. The van der Waals surface area contributed by atoms with E-state index in [1.54, 1.807) is 38.5 Å². The summed E-state index contributed by atoms with van der Waals surface area (Å²) in [5.41, 5.74) is 4.33. The molecule has 0 aliphatic heterocycles. The molecule has 0 fully saturated rings. The van der Waals surface area contributed by atoms with Crippen LogP contribution in [0.25, 0.3) is 22.3 Å². The lowest BCUT2D eigenvalue weighted by atomic mass is 9.93. The fraction of sp³-hybridized carbons (Fsp3) is 0.257. The Labute approximate surface area is 284 Å². The molecule has 7 rings (SSSR count). The highest BCUT2D eigenvalue weighted by molar-refractivity contribution is 6.04. The zero-order valence-corrected chi connectivity index (χ0v) is 27.3. The molecule has 0 radical (unpaired) electrons. The van der Waals surface area contributed by atoms with Crippen LogP contribution < -0.4 is 20.1 Å². The first-order valence-corrected chi connectivity index (χ1v) is 15.8. The third kappa shape index (κ3) is 6.17. The number of pyridine rings is 1. The number of nitrogens with zero attached hydrogens (tertiary/aromatic N) is 7. The number of fused-ring (bicyclic) bond motifs is 2. The Kier molecular flexibility index (Phi) is 8.55. The first-order chi connectivity index (χ1) is 24.1. The maximum Gasteiger partial charge on any atom is 0.416 e. The lowest BCUT2D eigenvalue weighted by Gasteiger charge is -2.23. The first kappa shape index (κ1) is 32.6. The van der Waals surface area contributed by atoms with Crippen LogP contribution in [0, 0.1) is 0 Å². The average molecular weight is 684 g/mol. The molecule has 1 aliphatic carbocycles. The van der Waals surface area contributed by atoms with E-state index in [9.17, 15) is 18.0 Å². The number of methoxy groups -OCH3 is 2. The summed E-state index contributed by atoms with van der Waals surface area (Å²) in [5, 5.41) is 16.2. The lowest BCUT2D eigenvalue weighted by molar-refractivity contribution is -0.137. The summed E-state index contributed by atoms with van der Waals surface area (Å²) in [4.78, 5) is 26.2. The van der Waals surface area contributed by atoms with Gasteiger partial charge < -0.3 is 20.1 Å². The Balaban J connectivity index is 1.26. The van der Waals surface area contributed by atoms with Crippen LogP contribution in [0.5, 0.6) is 11.5 Å². The molecule has 4 heterocycles. The Morgan fingerprint density at radius 3 is 2.60 bits per heavy atom. The monoisotopic (exact) mass is 683 g/mol. The Morgan fingerprint density at radius 1 is 1.02 bits per heavy atom. The van der Waals surface area contributed by atoms with Gasteiger partial charge in [0, 0.05) is 53.8 Å². The number of ether oxygens (including phenoxy) is 2. The van der Waals surface area contributed by atoms with Crippen LogP contribution in [0.4, 0.5) is 24.8 Å². The highest BCUT2D eigenvalue weighted by Gasteiger charge is 2.31. The molecule has 15 heteroatoms. The number of anilines is 2. The van der Waals surface area contributed by atoms with Gasteiger partial charge in [0.1, 0.15) is 35.2 Å². The second-order valence-corrected chi connectivity index (χ2v) is 11.8. The molecule has 12 nitrogen and oxygen atoms in total. The fourth-order valence-corrected chi connectivity index (χ4v) is 6.28. The second kappa shape index (κ2) is 13.1. The molecule has 0 spiro atoms. The van der Waals surface area contributed by atoms with Crippen LogP contribution in [-0.4, -0.2) is 54.6 Å². The topological polar surface area (TPSA) is 134 Å². The maximum absolute atomic E-state index is 13.2. The summed E-state index contributed by atoms with van der Waals surface area (Å²) in [5.74, 6) is 1.06. The van der Waals surface area contributed by atoms with Gasteiger partial charge in [0.15, 0.2) is 5.65 Å². The van der Waals surface area contributed by atoms with Crippen molar-refractivity contribution in [1.82, 2.24) is 34.5 Å². The number of benzene rings is 2. The van der Waals surface area contributed by atoms with E-state index in [1.807, 2.05) is 40.8 Å². The van der Waals surface area contributed by atoms with Gasteiger partial charge in [-0.1, -0.05) is 12.1 Å². The van der Waals surface area contributed by atoms with Gasteiger partial charge in [-0.05, 0) is 55.7 Å². The number of nitrogens with one attached hydrogen (secondary N) is 2. The van der Waals surface area contributed by atoms with Gasteiger partial charge in [-0.2, -0.15) is 23.4 Å². The van der Waals surface area contributed by atoms with Crippen LogP contribution >= 0.6 is 0 Å². The second-order valence-electron chi connectivity index (χ2n) is 11.8. The summed E-state index contributed by atoms with van der Waals surface area (Å²) < 4.78 is 54.3. The number of amides is 1. The third-order valence-electron chi connectivity index (χ3n) is 8.82. The predicted octanol–water partition coefficient (Wildman–Crippen LogP) is 6.45. The standard InChI is InChI=1S/C35H32F3N9O3/c1-46-26-5-4-6-27(25(26)18-43-46)47-33-30(32(41-19-42-33)40-17-22-11-12-24(49-2)16-28(22)50-3)31(45-47)20-7-9-21(10-8-20)34(48)44-29-15-23(13-14-39-29)35(36,37)38/h7-16,18-19,27H,4-6,17H2,1-3H3,(H,39,44,48)(H,40,41,42)/t27-/m1/s1. The van der Waals surface area contributed by atoms with E-state index in [2.05, 4.69) is 25.7 Å². The Morgan fingerprint density at radius 2 is 1.84 bits per heavy atom. The number of aryl methyl sites for hydroxylation is 1. The normalized spacial score (nSPS) is 14.3. The summed E-state index contributed by atoms with van der Waals surface area (Å²) >= 11 is 0. The van der Waals surface area contributed by atoms with Crippen LogP contribution in [0.3, 0.4) is 0 Å². The summed E-state index contributed by atoms with van der Waals surface area (Å²) in [7, 11) is 5.13. The van der Waals surface area contributed by atoms with Gasteiger partial charge in [-0.15, -0.1) is 0 Å². The van der Waals surface area contributed by atoms with Crippen molar-refractivity contribution >= 4 is 28.6 Å². The molecule has 0 unspecified atom stereocenters. The van der Waals surface area contributed by atoms with Crippen molar-refractivity contribution in [3.63, 3.8) is 0 Å². The van der Waals surface area contributed by atoms with Gasteiger partial charge >= 0.3 is 6.18 Å². The molecular formula is C35H32F3N9O3. The zero-order valence-electron chi connectivity index (χ0n) is 27.3. The smallest absolute Gasteiger partial charge is 0.416 e. The van der Waals surface area contributed by atoms with Crippen molar-refractivity contribution in [3.05, 3.63) is 101 Å². The van der Waals surface area contributed by atoms with E-state index >= 15 is 0 Å². The number of rotatable bonds is 9. The van der Waals surface area contributed by atoms with E-state index in [0.717, 1.165) is 54.4 Å². The van der Waals surface area contributed by atoms with Crippen molar-refractivity contribution < 1.29 is 27.4 Å². The van der Waals surface area contributed by atoms with Crippen LogP contribution in [0.2, 0.25) is 0 Å². The number of halogens is 3. The molecule has 4 aromatic heterocycles. The third-order valence-corrected chi connectivity index (χ3v) is 8.82. The van der Waals surface area contributed by atoms with Gasteiger partial charge in [0.05, 0.1) is 37.4 Å². The van der Waals surface area contributed by atoms with Crippen LogP contribution in [-0.2, 0) is 26.2 Å². The molecule has 50 heavy (non-hydrogen) atoms. The van der Waals surface area contributed by atoms with Gasteiger partial charge in [0.2, 0.25) is 0 Å². The first-order valence-electron chi connectivity index (χ1n) is 15.8. The highest BCUT2D eigenvalue weighted by Crippen LogP contribution is 2.39. The molecule has 1 atom stereocenters.